The number of nitrogens with one attached hydrogen (secondary N) is 1. The van der Waals surface area contributed by atoms with Crippen LogP contribution in [0.25, 0.3) is 0 Å². The van der Waals surface area contributed by atoms with Gasteiger partial charge in [0.05, 0.1) is 33.2 Å². The summed E-state index contributed by atoms with van der Waals surface area (Å²) in [6.45, 7) is 5.96. The van der Waals surface area contributed by atoms with Gasteiger partial charge in [0.15, 0.2) is 0 Å². The SMILES string of the molecule is C[N+]1(CCCNCC(=O)N2CCCc3ccc(N)cc32)CCCCC1. The van der Waals surface area contributed by atoms with Gasteiger partial charge in [-0.15, -0.1) is 0 Å². The first-order chi connectivity index (χ1) is 12.1. The predicted octanol–water partition coefficient (Wildman–Crippen LogP) is 2.16. The molecule has 0 radical (unpaired) electrons. The maximum Gasteiger partial charge on any atom is 0.240 e. The minimum atomic E-state index is 0.157. The topological polar surface area (TPSA) is 58.4 Å². The van der Waals surface area contributed by atoms with E-state index in [9.17, 15) is 4.79 Å². The van der Waals surface area contributed by atoms with Gasteiger partial charge in [-0.25, -0.2) is 0 Å². The van der Waals surface area contributed by atoms with Gasteiger partial charge in [-0.2, -0.15) is 0 Å². The normalized spacial score (nSPS) is 19.5. The third-order valence-electron chi connectivity index (χ3n) is 5.75. The van der Waals surface area contributed by atoms with Gasteiger partial charge in [0, 0.05) is 30.9 Å². The Morgan fingerprint density at radius 2 is 2.04 bits per heavy atom. The fourth-order valence-electron chi connectivity index (χ4n) is 4.23. The molecule has 0 saturated carbocycles. The number of aryl methyl sites for hydroxylation is 1. The van der Waals surface area contributed by atoms with Crippen LogP contribution in [0.4, 0.5) is 11.4 Å². The molecule has 1 aromatic carbocycles. The lowest BCUT2D eigenvalue weighted by atomic mass is 10.0. The highest BCUT2D eigenvalue weighted by Gasteiger charge is 2.24. The Kier molecular flexibility index (Phi) is 5.97. The summed E-state index contributed by atoms with van der Waals surface area (Å²) in [5.41, 5.74) is 8.88. The molecule has 0 spiro atoms. The largest absolute Gasteiger partial charge is 0.399 e. The summed E-state index contributed by atoms with van der Waals surface area (Å²) in [4.78, 5) is 14.5. The first-order valence-corrected chi connectivity index (χ1v) is 9.80. The van der Waals surface area contributed by atoms with Crippen LogP contribution in [-0.4, -0.2) is 56.7 Å². The molecule has 1 fully saturated rings. The molecular weight excluding hydrogens is 312 g/mol. The number of benzene rings is 1. The van der Waals surface area contributed by atoms with Crippen LogP contribution in [0.15, 0.2) is 18.2 Å². The minimum Gasteiger partial charge on any atom is -0.399 e. The van der Waals surface area contributed by atoms with Crippen molar-refractivity contribution < 1.29 is 9.28 Å². The molecule has 1 amide bonds. The molecule has 0 aliphatic carbocycles. The summed E-state index contributed by atoms with van der Waals surface area (Å²) in [6, 6.07) is 5.92. The zero-order valence-electron chi connectivity index (χ0n) is 15.6. The summed E-state index contributed by atoms with van der Waals surface area (Å²) in [5.74, 6) is 0.157. The van der Waals surface area contributed by atoms with E-state index < -0.39 is 0 Å². The van der Waals surface area contributed by atoms with Gasteiger partial charge in [-0.1, -0.05) is 6.07 Å². The standard InChI is InChI=1S/C20H33N4O/c1-24(12-3-2-4-13-24)14-6-10-22-16-20(25)23-11-5-7-17-8-9-18(21)15-19(17)23/h8-9,15,22H,2-7,10-14,16,21H2,1H3/q+1. The van der Waals surface area contributed by atoms with E-state index in [-0.39, 0.29) is 5.91 Å². The van der Waals surface area contributed by atoms with E-state index in [0.29, 0.717) is 6.54 Å². The molecule has 1 saturated heterocycles. The number of rotatable bonds is 6. The third kappa shape index (κ3) is 4.73. The Bertz CT molecular complexity index is 595. The predicted molar refractivity (Wildman–Crippen MR) is 104 cm³/mol. The van der Waals surface area contributed by atoms with Crippen molar-refractivity contribution in [2.75, 3.05) is 56.9 Å². The fourth-order valence-corrected chi connectivity index (χ4v) is 4.23. The minimum absolute atomic E-state index is 0.157. The monoisotopic (exact) mass is 345 g/mol. The van der Waals surface area contributed by atoms with Crippen molar-refractivity contribution in [3.05, 3.63) is 23.8 Å². The summed E-state index contributed by atoms with van der Waals surface area (Å²) in [5, 5.41) is 3.35. The summed E-state index contributed by atoms with van der Waals surface area (Å²) < 4.78 is 1.20. The van der Waals surface area contributed by atoms with Gasteiger partial charge in [0.1, 0.15) is 0 Å². The number of carbonyl (C=O) groups excluding carboxylic acids is 1. The molecule has 3 N–H and O–H groups in total. The number of piperidine rings is 1. The number of nitrogens with zero attached hydrogens (tertiary/aromatic N) is 2. The van der Waals surface area contributed by atoms with E-state index in [4.69, 9.17) is 5.73 Å². The number of nitrogens with two attached hydrogens (primary N) is 1. The third-order valence-corrected chi connectivity index (χ3v) is 5.75. The lowest BCUT2D eigenvalue weighted by Gasteiger charge is -2.37. The number of likely N-dealkylation sites (tertiary alicyclic amines) is 1. The van der Waals surface area contributed by atoms with Crippen molar-refractivity contribution in [3.63, 3.8) is 0 Å². The molecule has 2 heterocycles. The second kappa shape index (κ2) is 8.19. The van der Waals surface area contributed by atoms with E-state index >= 15 is 0 Å². The highest BCUT2D eigenvalue weighted by Crippen LogP contribution is 2.29. The van der Waals surface area contributed by atoms with Gasteiger partial charge < -0.3 is 20.4 Å². The molecule has 1 aromatic rings. The average molecular weight is 346 g/mol. The van der Waals surface area contributed by atoms with Crippen LogP contribution in [0.2, 0.25) is 0 Å². The number of quaternary nitrogens is 1. The van der Waals surface area contributed by atoms with Crippen molar-refractivity contribution in [1.29, 1.82) is 0 Å². The highest BCUT2D eigenvalue weighted by molar-refractivity contribution is 5.96. The number of carbonyl (C=O) groups is 1. The lowest BCUT2D eigenvalue weighted by molar-refractivity contribution is -0.914. The molecular formula is C20H33N4O+. The maximum atomic E-state index is 12.6. The Balaban J connectivity index is 1.44. The molecule has 5 heteroatoms. The van der Waals surface area contributed by atoms with Crippen molar-refractivity contribution in [1.82, 2.24) is 5.32 Å². The molecule has 0 bridgehead atoms. The molecule has 2 aliphatic rings. The van der Waals surface area contributed by atoms with Crippen molar-refractivity contribution in [2.24, 2.45) is 0 Å². The molecule has 138 valence electrons. The second-order valence-corrected chi connectivity index (χ2v) is 7.92. The van der Waals surface area contributed by atoms with E-state index in [1.54, 1.807) is 0 Å². The van der Waals surface area contributed by atoms with Crippen molar-refractivity contribution >= 4 is 17.3 Å². The van der Waals surface area contributed by atoms with Gasteiger partial charge >= 0.3 is 0 Å². The summed E-state index contributed by atoms with van der Waals surface area (Å²) in [7, 11) is 2.37. The van der Waals surface area contributed by atoms with Gasteiger partial charge in [-0.3, -0.25) is 4.79 Å². The van der Waals surface area contributed by atoms with Crippen LogP contribution >= 0.6 is 0 Å². The van der Waals surface area contributed by atoms with Gasteiger partial charge in [0.25, 0.3) is 0 Å². The number of hydrogen-bond acceptors (Lipinski definition) is 3. The molecule has 2 aliphatic heterocycles. The molecule has 0 aromatic heterocycles. The maximum absolute atomic E-state index is 12.6. The van der Waals surface area contributed by atoms with Crippen molar-refractivity contribution in [3.8, 4) is 0 Å². The van der Waals surface area contributed by atoms with Gasteiger partial charge in [-0.05, 0) is 49.8 Å². The Morgan fingerprint density at radius 3 is 2.84 bits per heavy atom. The molecule has 0 atom stereocenters. The van der Waals surface area contributed by atoms with Crippen molar-refractivity contribution in [2.45, 2.75) is 38.5 Å². The number of nitrogen functional groups attached to an aromatic ring is 1. The van der Waals surface area contributed by atoms with Crippen LogP contribution in [0.1, 0.15) is 37.7 Å². The number of anilines is 2. The first kappa shape index (κ1) is 18.2. The van der Waals surface area contributed by atoms with Crippen LogP contribution in [-0.2, 0) is 11.2 Å². The van der Waals surface area contributed by atoms with E-state index in [0.717, 1.165) is 43.7 Å². The van der Waals surface area contributed by atoms with E-state index in [2.05, 4.69) is 18.4 Å². The number of hydrogen-bond donors (Lipinski definition) is 2. The number of fused-ring (bicyclic) bond motifs is 1. The van der Waals surface area contributed by atoms with Crippen LogP contribution < -0.4 is 16.0 Å². The smallest absolute Gasteiger partial charge is 0.240 e. The first-order valence-electron chi connectivity index (χ1n) is 9.80. The zero-order valence-corrected chi connectivity index (χ0v) is 15.6. The molecule has 0 unspecified atom stereocenters. The van der Waals surface area contributed by atoms with Crippen LogP contribution in [0.5, 0.6) is 0 Å². The van der Waals surface area contributed by atoms with Crippen LogP contribution in [0, 0.1) is 0 Å². The second-order valence-electron chi connectivity index (χ2n) is 7.92. The Hall–Kier alpha value is -1.59. The summed E-state index contributed by atoms with van der Waals surface area (Å²) in [6.07, 6.45) is 7.30. The Labute approximate surface area is 151 Å². The molecule has 3 rings (SSSR count). The quantitative estimate of drug-likeness (QED) is 0.472. The van der Waals surface area contributed by atoms with E-state index in [1.807, 2.05) is 17.0 Å². The average Bonchev–Trinajstić information content (AvgIpc) is 2.61. The zero-order chi connectivity index (χ0) is 17.7. The molecule has 25 heavy (non-hydrogen) atoms. The molecule has 5 nitrogen and oxygen atoms in total. The fraction of sp³-hybridized carbons (Fsp3) is 0.650. The highest BCUT2D eigenvalue weighted by atomic mass is 16.2. The Morgan fingerprint density at radius 1 is 1.24 bits per heavy atom. The van der Waals surface area contributed by atoms with Crippen LogP contribution in [0.3, 0.4) is 0 Å². The summed E-state index contributed by atoms with van der Waals surface area (Å²) >= 11 is 0. The number of amides is 1. The lowest BCUT2D eigenvalue weighted by Crippen LogP contribution is -2.49. The van der Waals surface area contributed by atoms with Gasteiger partial charge in [0.2, 0.25) is 5.91 Å². The van der Waals surface area contributed by atoms with E-state index in [1.165, 1.54) is 48.9 Å².